The van der Waals surface area contributed by atoms with E-state index in [-0.39, 0.29) is 5.91 Å². The average molecular weight is 335 g/mol. The SMILES string of the molecule is C[C@H](Oc1ccccc1)C(=O)Nc1ccc(Oc2cnccn2)cc1. The molecular weight excluding hydrogens is 318 g/mol. The summed E-state index contributed by atoms with van der Waals surface area (Å²) in [7, 11) is 0. The molecule has 3 rings (SSSR count). The molecule has 0 saturated carbocycles. The Hall–Kier alpha value is -3.41. The van der Waals surface area contributed by atoms with Gasteiger partial charge in [0.15, 0.2) is 6.10 Å². The molecule has 0 aliphatic heterocycles. The van der Waals surface area contributed by atoms with E-state index in [0.29, 0.717) is 23.1 Å². The van der Waals surface area contributed by atoms with E-state index in [1.165, 1.54) is 6.20 Å². The van der Waals surface area contributed by atoms with Crippen molar-refractivity contribution in [3.63, 3.8) is 0 Å². The second-order valence-electron chi connectivity index (χ2n) is 5.23. The lowest BCUT2D eigenvalue weighted by atomic mass is 10.2. The van der Waals surface area contributed by atoms with Crippen molar-refractivity contribution < 1.29 is 14.3 Å². The van der Waals surface area contributed by atoms with Gasteiger partial charge in [-0.25, -0.2) is 4.98 Å². The van der Waals surface area contributed by atoms with Crippen molar-refractivity contribution in [1.29, 1.82) is 0 Å². The zero-order valence-corrected chi connectivity index (χ0v) is 13.6. The van der Waals surface area contributed by atoms with Crippen LogP contribution >= 0.6 is 0 Å². The van der Waals surface area contributed by atoms with Gasteiger partial charge in [0.05, 0.1) is 6.20 Å². The van der Waals surface area contributed by atoms with Crippen molar-refractivity contribution >= 4 is 11.6 Å². The smallest absolute Gasteiger partial charge is 0.265 e. The first-order chi connectivity index (χ1) is 12.2. The van der Waals surface area contributed by atoms with E-state index in [1.54, 1.807) is 43.6 Å². The maximum atomic E-state index is 12.2. The third-order valence-electron chi connectivity index (χ3n) is 3.31. The van der Waals surface area contributed by atoms with Crippen molar-refractivity contribution in [3.8, 4) is 17.4 Å². The summed E-state index contributed by atoms with van der Waals surface area (Å²) >= 11 is 0. The number of carbonyl (C=O) groups excluding carboxylic acids is 1. The van der Waals surface area contributed by atoms with Crippen LogP contribution in [0.3, 0.4) is 0 Å². The predicted molar refractivity (Wildman–Crippen MR) is 93.7 cm³/mol. The van der Waals surface area contributed by atoms with Gasteiger partial charge in [-0.15, -0.1) is 0 Å². The fourth-order valence-electron chi connectivity index (χ4n) is 2.07. The Morgan fingerprint density at radius 3 is 2.44 bits per heavy atom. The number of hydrogen-bond acceptors (Lipinski definition) is 5. The van der Waals surface area contributed by atoms with Gasteiger partial charge in [-0.1, -0.05) is 18.2 Å². The standard InChI is InChI=1S/C19H17N3O3/c1-14(24-16-5-3-2-4-6-16)19(23)22-15-7-9-17(10-8-15)25-18-13-20-11-12-21-18/h2-14H,1H3,(H,22,23)/t14-/m0/s1. The van der Waals surface area contributed by atoms with E-state index in [2.05, 4.69) is 15.3 Å². The van der Waals surface area contributed by atoms with E-state index in [4.69, 9.17) is 9.47 Å². The van der Waals surface area contributed by atoms with Crippen molar-refractivity contribution in [3.05, 3.63) is 73.2 Å². The number of nitrogens with zero attached hydrogens (tertiary/aromatic N) is 2. The fraction of sp³-hybridized carbons (Fsp3) is 0.105. The molecule has 0 fully saturated rings. The summed E-state index contributed by atoms with van der Waals surface area (Å²) < 4.78 is 11.2. The molecule has 1 amide bonds. The molecule has 6 heteroatoms. The van der Waals surface area contributed by atoms with Crippen molar-refractivity contribution in [2.24, 2.45) is 0 Å². The third kappa shape index (κ3) is 4.78. The van der Waals surface area contributed by atoms with Gasteiger partial charge in [-0.3, -0.25) is 9.78 Å². The van der Waals surface area contributed by atoms with Gasteiger partial charge in [0.25, 0.3) is 5.91 Å². The summed E-state index contributed by atoms with van der Waals surface area (Å²) in [6, 6.07) is 16.2. The molecule has 1 heterocycles. The molecule has 25 heavy (non-hydrogen) atoms. The molecule has 126 valence electrons. The number of amides is 1. The number of anilines is 1. The maximum absolute atomic E-state index is 12.2. The van der Waals surface area contributed by atoms with Crippen molar-refractivity contribution in [2.45, 2.75) is 13.0 Å². The van der Waals surface area contributed by atoms with Crippen LogP contribution in [0.2, 0.25) is 0 Å². The molecule has 0 aliphatic rings. The van der Waals surface area contributed by atoms with Crippen molar-refractivity contribution in [1.82, 2.24) is 9.97 Å². The Bertz CT molecular complexity index is 808. The normalized spacial score (nSPS) is 11.4. The largest absolute Gasteiger partial charge is 0.481 e. The summed E-state index contributed by atoms with van der Waals surface area (Å²) in [4.78, 5) is 20.2. The topological polar surface area (TPSA) is 73.3 Å². The molecule has 0 spiro atoms. The number of rotatable bonds is 6. The second-order valence-corrected chi connectivity index (χ2v) is 5.23. The maximum Gasteiger partial charge on any atom is 0.265 e. The van der Waals surface area contributed by atoms with E-state index < -0.39 is 6.10 Å². The zero-order valence-electron chi connectivity index (χ0n) is 13.6. The minimum Gasteiger partial charge on any atom is -0.481 e. The first-order valence-electron chi connectivity index (χ1n) is 7.77. The van der Waals surface area contributed by atoms with Crippen molar-refractivity contribution in [2.75, 3.05) is 5.32 Å². The Kier molecular flexibility index (Phi) is 5.21. The van der Waals surface area contributed by atoms with Gasteiger partial charge in [-0.2, -0.15) is 0 Å². The van der Waals surface area contributed by atoms with E-state index in [1.807, 2.05) is 30.3 Å². The molecule has 1 N–H and O–H groups in total. The van der Waals surface area contributed by atoms with Gasteiger partial charge >= 0.3 is 0 Å². The highest BCUT2D eigenvalue weighted by molar-refractivity contribution is 5.94. The highest BCUT2D eigenvalue weighted by Crippen LogP contribution is 2.21. The molecule has 1 aromatic heterocycles. The Morgan fingerprint density at radius 2 is 1.76 bits per heavy atom. The summed E-state index contributed by atoms with van der Waals surface area (Å²) in [5.41, 5.74) is 0.653. The second kappa shape index (κ2) is 7.92. The third-order valence-corrected chi connectivity index (χ3v) is 3.31. The van der Waals surface area contributed by atoms with Crippen LogP contribution in [0.1, 0.15) is 6.92 Å². The van der Waals surface area contributed by atoms with Crippen LogP contribution in [0, 0.1) is 0 Å². The van der Waals surface area contributed by atoms with E-state index in [0.717, 1.165) is 0 Å². The average Bonchev–Trinajstić information content (AvgIpc) is 2.65. The molecule has 2 aromatic carbocycles. The fourth-order valence-corrected chi connectivity index (χ4v) is 2.07. The van der Waals surface area contributed by atoms with E-state index in [9.17, 15) is 4.79 Å². The molecule has 0 aliphatic carbocycles. The molecular formula is C19H17N3O3. The molecule has 6 nitrogen and oxygen atoms in total. The number of hydrogen-bond donors (Lipinski definition) is 1. The molecule has 3 aromatic rings. The number of para-hydroxylation sites is 1. The Morgan fingerprint density at radius 1 is 1.00 bits per heavy atom. The van der Waals surface area contributed by atoms with Gasteiger partial charge in [0.1, 0.15) is 11.5 Å². The molecule has 0 saturated heterocycles. The number of carbonyl (C=O) groups is 1. The predicted octanol–water partition coefficient (Wildman–Crippen LogP) is 3.67. The minimum absolute atomic E-state index is 0.230. The Labute approximate surface area is 145 Å². The van der Waals surface area contributed by atoms with E-state index >= 15 is 0 Å². The van der Waals surface area contributed by atoms with Gasteiger partial charge in [0.2, 0.25) is 5.88 Å². The monoisotopic (exact) mass is 335 g/mol. The van der Waals surface area contributed by atoms with Crippen LogP contribution in [-0.2, 0) is 4.79 Å². The highest BCUT2D eigenvalue weighted by Gasteiger charge is 2.14. The van der Waals surface area contributed by atoms with Crippen LogP contribution < -0.4 is 14.8 Å². The van der Waals surface area contributed by atoms with Crippen LogP contribution in [0.15, 0.2) is 73.2 Å². The lowest BCUT2D eigenvalue weighted by molar-refractivity contribution is -0.122. The van der Waals surface area contributed by atoms with Gasteiger partial charge < -0.3 is 14.8 Å². The lowest BCUT2D eigenvalue weighted by Gasteiger charge is -2.14. The molecule has 0 unspecified atom stereocenters. The number of benzene rings is 2. The number of aromatic nitrogens is 2. The van der Waals surface area contributed by atoms with Gasteiger partial charge in [0, 0.05) is 18.1 Å². The first-order valence-corrected chi connectivity index (χ1v) is 7.77. The highest BCUT2D eigenvalue weighted by atomic mass is 16.5. The summed E-state index contributed by atoms with van der Waals surface area (Å²) in [5.74, 6) is 1.43. The van der Waals surface area contributed by atoms with Crippen LogP contribution in [-0.4, -0.2) is 22.0 Å². The molecule has 0 radical (unpaired) electrons. The summed E-state index contributed by atoms with van der Waals surface area (Å²) in [6.07, 6.45) is 4.04. The summed E-state index contributed by atoms with van der Waals surface area (Å²) in [5, 5.41) is 2.81. The molecule has 0 bridgehead atoms. The first kappa shape index (κ1) is 16.4. The van der Waals surface area contributed by atoms with Crippen LogP contribution in [0.4, 0.5) is 5.69 Å². The Balaban J connectivity index is 1.56. The molecule has 1 atom stereocenters. The number of ether oxygens (including phenoxy) is 2. The van der Waals surface area contributed by atoms with Gasteiger partial charge in [-0.05, 0) is 43.3 Å². The minimum atomic E-state index is -0.613. The summed E-state index contributed by atoms with van der Waals surface area (Å²) in [6.45, 7) is 1.70. The van der Waals surface area contributed by atoms with Crippen LogP contribution in [0.25, 0.3) is 0 Å². The lowest BCUT2D eigenvalue weighted by Crippen LogP contribution is -2.30. The number of nitrogens with one attached hydrogen (secondary N) is 1. The van der Waals surface area contributed by atoms with Crippen LogP contribution in [0.5, 0.6) is 17.4 Å². The zero-order chi connectivity index (χ0) is 17.5. The quantitative estimate of drug-likeness (QED) is 0.744.